The average Bonchev–Trinajstić information content (AvgIpc) is 2.34. The Balaban J connectivity index is 2.16. The Morgan fingerprint density at radius 1 is 1.06 bits per heavy atom. The zero-order chi connectivity index (χ0) is 12.5. The highest BCUT2D eigenvalue weighted by Gasteiger charge is 2.03. The number of unbranched alkanes of at least 4 members (excludes halogenated alkanes) is 4. The first kappa shape index (κ1) is 14.2. The largest absolute Gasteiger partial charge is 0.310 e. The van der Waals surface area contributed by atoms with Crippen molar-refractivity contribution in [2.75, 3.05) is 6.54 Å². The molecule has 0 bridgehead atoms. The Bertz CT molecular complexity index is 294. The first-order valence-corrected chi connectivity index (χ1v) is 6.73. The lowest BCUT2D eigenvalue weighted by atomic mass is 10.1. The quantitative estimate of drug-likeness (QED) is 0.659. The van der Waals surface area contributed by atoms with Crippen molar-refractivity contribution < 1.29 is 4.39 Å². The van der Waals surface area contributed by atoms with Gasteiger partial charge in [0, 0.05) is 6.04 Å². The summed E-state index contributed by atoms with van der Waals surface area (Å²) in [5.74, 6) is -0.166. The molecule has 0 spiro atoms. The van der Waals surface area contributed by atoms with Gasteiger partial charge in [-0.3, -0.25) is 0 Å². The van der Waals surface area contributed by atoms with Crippen LogP contribution < -0.4 is 5.32 Å². The van der Waals surface area contributed by atoms with E-state index in [4.69, 9.17) is 0 Å². The molecular weight excluding hydrogens is 213 g/mol. The molecule has 2 heteroatoms. The normalized spacial score (nSPS) is 12.6. The minimum Gasteiger partial charge on any atom is -0.310 e. The summed E-state index contributed by atoms with van der Waals surface area (Å²) in [4.78, 5) is 0. The van der Waals surface area contributed by atoms with E-state index in [-0.39, 0.29) is 5.82 Å². The van der Waals surface area contributed by atoms with Crippen molar-refractivity contribution in [2.24, 2.45) is 0 Å². The molecule has 0 aromatic heterocycles. The molecule has 96 valence electrons. The second kappa shape index (κ2) is 8.24. The summed E-state index contributed by atoms with van der Waals surface area (Å²) in [7, 11) is 0. The molecule has 0 radical (unpaired) electrons. The summed E-state index contributed by atoms with van der Waals surface area (Å²) in [5, 5.41) is 3.47. The monoisotopic (exact) mass is 237 g/mol. The number of benzene rings is 1. The van der Waals surface area contributed by atoms with Crippen LogP contribution in [0.3, 0.4) is 0 Å². The number of hydrogen-bond acceptors (Lipinski definition) is 1. The molecular formula is C15H24FN. The molecule has 1 rings (SSSR count). The maximum absolute atomic E-state index is 12.8. The van der Waals surface area contributed by atoms with Crippen molar-refractivity contribution in [3.05, 3.63) is 35.6 Å². The maximum atomic E-state index is 12.8. The molecule has 0 aliphatic carbocycles. The van der Waals surface area contributed by atoms with Crippen molar-refractivity contribution in [2.45, 2.75) is 52.0 Å². The molecule has 1 N–H and O–H groups in total. The van der Waals surface area contributed by atoms with Crippen LogP contribution in [0, 0.1) is 5.82 Å². The lowest BCUT2D eigenvalue weighted by Crippen LogP contribution is -2.19. The topological polar surface area (TPSA) is 12.0 Å². The Kier molecular flexibility index (Phi) is 6.87. The lowest BCUT2D eigenvalue weighted by Gasteiger charge is -2.14. The third-order valence-electron chi connectivity index (χ3n) is 3.10. The molecule has 0 aliphatic heterocycles. The summed E-state index contributed by atoms with van der Waals surface area (Å²) in [6.45, 7) is 5.40. The summed E-state index contributed by atoms with van der Waals surface area (Å²) >= 11 is 0. The van der Waals surface area contributed by atoms with E-state index in [0.29, 0.717) is 6.04 Å². The third-order valence-corrected chi connectivity index (χ3v) is 3.10. The van der Waals surface area contributed by atoms with Crippen molar-refractivity contribution in [3.8, 4) is 0 Å². The molecule has 1 aromatic carbocycles. The second-order valence-corrected chi connectivity index (χ2v) is 4.64. The molecule has 0 amide bonds. The maximum Gasteiger partial charge on any atom is 0.123 e. The van der Waals surface area contributed by atoms with Gasteiger partial charge in [-0.1, -0.05) is 44.7 Å². The van der Waals surface area contributed by atoms with Crippen LogP contribution in [0.25, 0.3) is 0 Å². The smallest absolute Gasteiger partial charge is 0.123 e. The first-order valence-electron chi connectivity index (χ1n) is 6.73. The zero-order valence-electron chi connectivity index (χ0n) is 11.0. The van der Waals surface area contributed by atoms with Crippen LogP contribution >= 0.6 is 0 Å². The Morgan fingerprint density at radius 2 is 1.71 bits per heavy atom. The third kappa shape index (κ3) is 5.83. The summed E-state index contributed by atoms with van der Waals surface area (Å²) in [5.41, 5.74) is 1.15. The Hall–Kier alpha value is -0.890. The van der Waals surface area contributed by atoms with E-state index in [0.717, 1.165) is 12.1 Å². The highest BCUT2D eigenvalue weighted by molar-refractivity contribution is 5.19. The lowest BCUT2D eigenvalue weighted by molar-refractivity contribution is 0.530. The van der Waals surface area contributed by atoms with Gasteiger partial charge in [0.15, 0.2) is 0 Å². The fourth-order valence-electron chi connectivity index (χ4n) is 1.92. The first-order chi connectivity index (χ1) is 8.24. The molecule has 0 fully saturated rings. The van der Waals surface area contributed by atoms with Crippen LogP contribution in [0.2, 0.25) is 0 Å². The number of rotatable bonds is 8. The van der Waals surface area contributed by atoms with E-state index in [1.54, 1.807) is 0 Å². The van der Waals surface area contributed by atoms with Crippen LogP contribution in [-0.2, 0) is 0 Å². The predicted molar refractivity (Wildman–Crippen MR) is 71.6 cm³/mol. The van der Waals surface area contributed by atoms with E-state index in [9.17, 15) is 4.39 Å². The molecule has 17 heavy (non-hydrogen) atoms. The second-order valence-electron chi connectivity index (χ2n) is 4.64. The van der Waals surface area contributed by atoms with Crippen molar-refractivity contribution in [1.29, 1.82) is 0 Å². The summed E-state index contributed by atoms with van der Waals surface area (Å²) in [6.07, 6.45) is 6.50. The van der Waals surface area contributed by atoms with E-state index >= 15 is 0 Å². The van der Waals surface area contributed by atoms with E-state index in [2.05, 4.69) is 19.2 Å². The Morgan fingerprint density at radius 3 is 2.35 bits per heavy atom. The van der Waals surface area contributed by atoms with E-state index in [1.807, 2.05) is 12.1 Å². The minimum atomic E-state index is -0.166. The minimum absolute atomic E-state index is 0.166. The average molecular weight is 237 g/mol. The molecule has 1 nitrogen and oxygen atoms in total. The van der Waals surface area contributed by atoms with Gasteiger partial charge in [0.05, 0.1) is 0 Å². The molecule has 1 aromatic rings. The predicted octanol–water partition coefficient (Wildman–Crippen LogP) is 4.45. The standard InChI is InChI=1S/C15H24FN/c1-3-4-5-6-7-12-17-13(2)14-8-10-15(16)11-9-14/h8-11,13,17H,3-7,12H2,1-2H3/t13-/m1/s1. The molecule has 0 aliphatic rings. The van der Waals surface area contributed by atoms with Crippen LogP contribution in [0.5, 0.6) is 0 Å². The van der Waals surface area contributed by atoms with Crippen molar-refractivity contribution in [1.82, 2.24) is 5.32 Å². The number of hydrogen-bond donors (Lipinski definition) is 1. The highest BCUT2D eigenvalue weighted by Crippen LogP contribution is 2.12. The van der Waals surface area contributed by atoms with Crippen molar-refractivity contribution in [3.63, 3.8) is 0 Å². The van der Waals surface area contributed by atoms with Gasteiger partial charge in [0.25, 0.3) is 0 Å². The van der Waals surface area contributed by atoms with Crippen LogP contribution in [0.4, 0.5) is 4.39 Å². The molecule has 0 unspecified atom stereocenters. The van der Waals surface area contributed by atoms with Gasteiger partial charge in [0.2, 0.25) is 0 Å². The fraction of sp³-hybridized carbons (Fsp3) is 0.600. The molecule has 0 saturated carbocycles. The number of nitrogens with one attached hydrogen (secondary N) is 1. The fourth-order valence-corrected chi connectivity index (χ4v) is 1.92. The summed E-state index contributed by atoms with van der Waals surface area (Å²) in [6, 6.07) is 7.05. The van der Waals surface area contributed by atoms with Gasteiger partial charge in [-0.25, -0.2) is 4.39 Å². The molecule has 0 heterocycles. The van der Waals surface area contributed by atoms with Gasteiger partial charge < -0.3 is 5.32 Å². The Labute approximate surface area is 104 Å². The van der Waals surface area contributed by atoms with Crippen LogP contribution in [0.1, 0.15) is 57.6 Å². The SMILES string of the molecule is CCCCCCCN[C@H](C)c1ccc(F)cc1. The van der Waals surface area contributed by atoms with Gasteiger partial charge >= 0.3 is 0 Å². The van der Waals surface area contributed by atoms with Crippen LogP contribution in [-0.4, -0.2) is 6.54 Å². The highest BCUT2D eigenvalue weighted by atomic mass is 19.1. The number of halogens is 1. The van der Waals surface area contributed by atoms with Gasteiger partial charge in [-0.05, 0) is 37.6 Å². The molecule has 1 atom stereocenters. The van der Waals surface area contributed by atoms with E-state index < -0.39 is 0 Å². The summed E-state index contributed by atoms with van der Waals surface area (Å²) < 4.78 is 12.8. The van der Waals surface area contributed by atoms with Crippen LogP contribution in [0.15, 0.2) is 24.3 Å². The van der Waals surface area contributed by atoms with Gasteiger partial charge in [-0.15, -0.1) is 0 Å². The van der Waals surface area contributed by atoms with Crippen molar-refractivity contribution >= 4 is 0 Å². The molecule has 0 saturated heterocycles. The van der Waals surface area contributed by atoms with Gasteiger partial charge in [-0.2, -0.15) is 0 Å². The van der Waals surface area contributed by atoms with E-state index in [1.165, 1.54) is 44.2 Å². The zero-order valence-corrected chi connectivity index (χ0v) is 11.0. The van der Waals surface area contributed by atoms with Gasteiger partial charge in [0.1, 0.15) is 5.82 Å².